The zero-order chi connectivity index (χ0) is 13.3. The summed E-state index contributed by atoms with van der Waals surface area (Å²) in [5, 5.41) is 0. The number of aryl methyl sites for hydroxylation is 1. The normalized spacial score (nSPS) is 16.9. The van der Waals surface area contributed by atoms with E-state index in [-0.39, 0.29) is 11.5 Å². The first-order chi connectivity index (χ1) is 8.49. The predicted molar refractivity (Wildman–Crippen MR) is 69.3 cm³/mol. The van der Waals surface area contributed by atoms with E-state index in [0.717, 1.165) is 0 Å². The molecule has 0 radical (unpaired) electrons. The van der Waals surface area contributed by atoms with Crippen LogP contribution in [0.4, 0.5) is 10.1 Å². The molecule has 0 unspecified atom stereocenters. The molecular weight excluding hydrogens is 255 g/mol. The predicted octanol–water partition coefficient (Wildman–Crippen LogP) is 0.921. The van der Waals surface area contributed by atoms with Gasteiger partial charge in [0, 0.05) is 41.1 Å². The van der Waals surface area contributed by atoms with Gasteiger partial charge in [0.1, 0.15) is 5.82 Å². The van der Waals surface area contributed by atoms with Crippen molar-refractivity contribution in [1.29, 1.82) is 0 Å². The van der Waals surface area contributed by atoms with Crippen molar-refractivity contribution in [3.05, 3.63) is 29.1 Å². The first-order valence-electron chi connectivity index (χ1n) is 5.69. The Morgan fingerprint density at radius 1 is 1.39 bits per heavy atom. The van der Waals surface area contributed by atoms with Gasteiger partial charge in [0.05, 0.1) is 5.56 Å². The van der Waals surface area contributed by atoms with Crippen molar-refractivity contribution in [2.45, 2.75) is 6.92 Å². The molecule has 2 N–H and O–H groups in total. The van der Waals surface area contributed by atoms with E-state index in [9.17, 15) is 13.4 Å². The zero-order valence-electron chi connectivity index (χ0n) is 10.1. The van der Waals surface area contributed by atoms with Crippen LogP contribution in [0, 0.1) is 12.7 Å². The van der Waals surface area contributed by atoms with E-state index in [4.69, 9.17) is 5.73 Å². The van der Waals surface area contributed by atoms with Gasteiger partial charge < -0.3 is 10.6 Å². The molecule has 1 aromatic rings. The highest BCUT2D eigenvalue weighted by atomic mass is 32.2. The summed E-state index contributed by atoms with van der Waals surface area (Å²) in [6.45, 7) is 2.38. The molecule has 1 heterocycles. The highest BCUT2D eigenvalue weighted by Gasteiger charge is 2.24. The Hall–Kier alpha value is -1.43. The summed E-state index contributed by atoms with van der Waals surface area (Å²) in [5.41, 5.74) is 6.36. The third kappa shape index (κ3) is 2.53. The maximum Gasteiger partial charge on any atom is 0.256 e. The SMILES string of the molecule is Cc1cc(N)cc(C(=O)N2CCS(=O)CC2)c1F. The fraction of sp³-hybridized carbons (Fsp3) is 0.417. The second kappa shape index (κ2) is 5.06. The van der Waals surface area contributed by atoms with Gasteiger partial charge in [-0.25, -0.2) is 4.39 Å². The van der Waals surface area contributed by atoms with Crippen molar-refractivity contribution < 1.29 is 13.4 Å². The summed E-state index contributed by atoms with van der Waals surface area (Å²) < 4.78 is 25.1. The molecule has 1 amide bonds. The van der Waals surface area contributed by atoms with Crippen LogP contribution in [0.25, 0.3) is 0 Å². The lowest BCUT2D eigenvalue weighted by Gasteiger charge is -2.26. The summed E-state index contributed by atoms with van der Waals surface area (Å²) in [6, 6.07) is 2.85. The van der Waals surface area contributed by atoms with Crippen molar-refractivity contribution in [3.8, 4) is 0 Å². The number of rotatable bonds is 1. The smallest absolute Gasteiger partial charge is 0.256 e. The van der Waals surface area contributed by atoms with Gasteiger partial charge in [0.15, 0.2) is 0 Å². The van der Waals surface area contributed by atoms with E-state index in [2.05, 4.69) is 0 Å². The molecule has 1 aromatic carbocycles. The number of nitrogens with zero attached hydrogens (tertiary/aromatic N) is 1. The summed E-state index contributed by atoms with van der Waals surface area (Å²) >= 11 is 0. The van der Waals surface area contributed by atoms with Crippen LogP contribution < -0.4 is 5.73 Å². The number of carbonyl (C=O) groups excluding carboxylic acids is 1. The van der Waals surface area contributed by atoms with Gasteiger partial charge in [-0.2, -0.15) is 0 Å². The highest BCUT2D eigenvalue weighted by molar-refractivity contribution is 7.85. The Kier molecular flexibility index (Phi) is 3.65. The van der Waals surface area contributed by atoms with Gasteiger partial charge in [-0.1, -0.05) is 0 Å². The van der Waals surface area contributed by atoms with Gasteiger partial charge in [-0.05, 0) is 24.6 Å². The Morgan fingerprint density at radius 2 is 2.00 bits per heavy atom. The number of anilines is 1. The van der Waals surface area contributed by atoms with Crippen molar-refractivity contribution in [2.24, 2.45) is 0 Å². The van der Waals surface area contributed by atoms with E-state index < -0.39 is 16.6 Å². The van der Waals surface area contributed by atoms with Crippen LogP contribution in [0.15, 0.2) is 12.1 Å². The van der Waals surface area contributed by atoms with Crippen LogP contribution in [0.2, 0.25) is 0 Å². The van der Waals surface area contributed by atoms with Crippen LogP contribution in [-0.4, -0.2) is 39.6 Å². The first-order valence-corrected chi connectivity index (χ1v) is 7.17. The molecular formula is C12H15FN2O2S. The highest BCUT2D eigenvalue weighted by Crippen LogP contribution is 2.19. The Balaban J connectivity index is 2.26. The van der Waals surface area contributed by atoms with Gasteiger partial charge in [0.2, 0.25) is 0 Å². The van der Waals surface area contributed by atoms with E-state index in [1.54, 1.807) is 6.92 Å². The van der Waals surface area contributed by atoms with Crippen molar-refractivity contribution in [2.75, 3.05) is 30.3 Å². The molecule has 0 atom stereocenters. The summed E-state index contributed by atoms with van der Waals surface area (Å²) in [4.78, 5) is 13.7. The lowest BCUT2D eigenvalue weighted by atomic mass is 10.1. The monoisotopic (exact) mass is 270 g/mol. The number of nitrogen functional groups attached to an aromatic ring is 1. The van der Waals surface area contributed by atoms with Crippen LogP contribution in [0.5, 0.6) is 0 Å². The van der Waals surface area contributed by atoms with Gasteiger partial charge >= 0.3 is 0 Å². The third-order valence-corrected chi connectivity index (χ3v) is 4.25. The number of benzene rings is 1. The molecule has 2 rings (SSSR count). The maximum absolute atomic E-state index is 13.9. The maximum atomic E-state index is 13.9. The quantitative estimate of drug-likeness (QED) is 0.772. The van der Waals surface area contributed by atoms with Crippen LogP contribution in [0.1, 0.15) is 15.9 Å². The van der Waals surface area contributed by atoms with Crippen molar-refractivity contribution >= 4 is 22.4 Å². The topological polar surface area (TPSA) is 63.4 Å². The summed E-state index contributed by atoms with van der Waals surface area (Å²) in [7, 11) is -0.860. The fourth-order valence-corrected chi connectivity index (χ4v) is 3.02. The molecule has 0 spiro atoms. The molecule has 1 aliphatic rings. The average Bonchev–Trinajstić information content (AvgIpc) is 2.34. The van der Waals surface area contributed by atoms with Gasteiger partial charge in [-0.15, -0.1) is 0 Å². The molecule has 18 heavy (non-hydrogen) atoms. The van der Waals surface area contributed by atoms with Crippen LogP contribution in [-0.2, 0) is 10.8 Å². The second-order valence-electron chi connectivity index (χ2n) is 4.34. The second-order valence-corrected chi connectivity index (χ2v) is 6.04. The molecule has 1 aliphatic heterocycles. The number of hydrogen-bond acceptors (Lipinski definition) is 3. The summed E-state index contributed by atoms with van der Waals surface area (Å²) in [6.07, 6.45) is 0. The number of halogens is 1. The number of hydrogen-bond donors (Lipinski definition) is 1. The van der Waals surface area contributed by atoms with E-state index in [1.807, 2.05) is 0 Å². The largest absolute Gasteiger partial charge is 0.399 e. The van der Waals surface area contributed by atoms with Crippen LogP contribution in [0.3, 0.4) is 0 Å². The minimum Gasteiger partial charge on any atom is -0.399 e. The molecule has 98 valence electrons. The minimum atomic E-state index is -0.860. The van der Waals surface area contributed by atoms with Crippen LogP contribution >= 0.6 is 0 Å². The summed E-state index contributed by atoms with van der Waals surface area (Å²) in [5.74, 6) is 0.00375. The van der Waals surface area contributed by atoms with Gasteiger partial charge in [0.25, 0.3) is 5.91 Å². The molecule has 1 fully saturated rings. The minimum absolute atomic E-state index is 0.000169. The van der Waals surface area contributed by atoms with Crippen molar-refractivity contribution in [3.63, 3.8) is 0 Å². The number of amides is 1. The molecule has 0 bridgehead atoms. The lowest BCUT2D eigenvalue weighted by Crippen LogP contribution is -2.42. The van der Waals surface area contributed by atoms with E-state index in [0.29, 0.717) is 35.8 Å². The molecule has 0 aliphatic carbocycles. The zero-order valence-corrected chi connectivity index (χ0v) is 10.9. The van der Waals surface area contributed by atoms with E-state index >= 15 is 0 Å². The van der Waals surface area contributed by atoms with Crippen molar-refractivity contribution in [1.82, 2.24) is 4.90 Å². The Morgan fingerprint density at radius 3 is 2.61 bits per heavy atom. The molecule has 4 nitrogen and oxygen atoms in total. The lowest BCUT2D eigenvalue weighted by molar-refractivity contribution is 0.0766. The Labute approximate surface area is 107 Å². The Bertz CT molecular complexity index is 509. The number of carbonyl (C=O) groups is 1. The first kappa shape index (κ1) is 13.0. The third-order valence-electron chi connectivity index (χ3n) is 2.97. The fourth-order valence-electron chi connectivity index (χ4n) is 1.96. The number of nitrogens with two attached hydrogens (primary N) is 1. The molecule has 1 saturated heterocycles. The standard InChI is InChI=1S/C12H15FN2O2S/c1-8-6-9(14)7-10(11(8)13)12(16)15-2-4-18(17)5-3-15/h6-7H,2-5,14H2,1H3. The molecule has 0 aromatic heterocycles. The molecule has 0 saturated carbocycles. The molecule has 6 heteroatoms. The van der Waals surface area contributed by atoms with E-state index in [1.165, 1.54) is 17.0 Å². The average molecular weight is 270 g/mol. The van der Waals surface area contributed by atoms with Gasteiger partial charge in [-0.3, -0.25) is 9.00 Å².